The molecule has 0 aliphatic heterocycles. The van der Waals surface area contributed by atoms with Crippen LogP contribution in [0.2, 0.25) is 0 Å². The standard InChI is InChI=1S/C52H107N/c1-4-7-10-13-16-19-22-25-28-30-33-36-39-42-45-48-51-53(50-47-44-41-38-35-32-27-24-21-18-15-12-9-6-3)52-49-46-43-40-37-34-31-29-26-23-20-17-14-11-8-5-2/h4-52H2,1-3H3. The summed E-state index contributed by atoms with van der Waals surface area (Å²) >= 11 is 0. The van der Waals surface area contributed by atoms with Crippen LogP contribution >= 0.6 is 0 Å². The Hall–Kier alpha value is -0.0400. The Labute approximate surface area is 339 Å². The van der Waals surface area contributed by atoms with E-state index in [0.717, 1.165) is 0 Å². The summed E-state index contributed by atoms with van der Waals surface area (Å²) < 4.78 is 0. The lowest BCUT2D eigenvalue weighted by Crippen LogP contribution is -2.27. The van der Waals surface area contributed by atoms with Crippen LogP contribution < -0.4 is 0 Å². The van der Waals surface area contributed by atoms with E-state index in [2.05, 4.69) is 25.7 Å². The lowest BCUT2D eigenvalue weighted by Gasteiger charge is -2.22. The van der Waals surface area contributed by atoms with Crippen molar-refractivity contribution in [3.05, 3.63) is 0 Å². The molecule has 0 fully saturated rings. The molecule has 0 unspecified atom stereocenters. The maximum atomic E-state index is 2.88. The predicted octanol–water partition coefficient (Wildman–Crippen LogP) is 19.3. The monoisotopic (exact) mass is 746 g/mol. The van der Waals surface area contributed by atoms with Crippen molar-refractivity contribution < 1.29 is 0 Å². The van der Waals surface area contributed by atoms with Crippen LogP contribution in [-0.2, 0) is 0 Å². The van der Waals surface area contributed by atoms with Gasteiger partial charge in [0.25, 0.3) is 0 Å². The van der Waals surface area contributed by atoms with Crippen LogP contribution in [0.5, 0.6) is 0 Å². The quantitative estimate of drug-likeness (QED) is 0.0561. The minimum atomic E-state index is 1.37. The zero-order chi connectivity index (χ0) is 38.2. The van der Waals surface area contributed by atoms with Gasteiger partial charge >= 0.3 is 0 Å². The van der Waals surface area contributed by atoms with Gasteiger partial charge in [-0.1, -0.05) is 297 Å². The zero-order valence-electron chi connectivity index (χ0n) is 38.1. The third-order valence-electron chi connectivity index (χ3n) is 12.5. The van der Waals surface area contributed by atoms with Gasteiger partial charge in [-0.15, -0.1) is 0 Å². The SMILES string of the molecule is CCCCCCCCCCCCCCCCCCN(CCCCCCCCCCCCCCCC)CCCCCCCCCCCCCCCCCC. The Balaban J connectivity index is 3.93. The molecular formula is C52H107N. The maximum absolute atomic E-state index is 2.88. The van der Waals surface area contributed by atoms with Crippen molar-refractivity contribution in [1.82, 2.24) is 4.90 Å². The van der Waals surface area contributed by atoms with Gasteiger partial charge in [-0.25, -0.2) is 0 Å². The molecule has 0 aromatic carbocycles. The van der Waals surface area contributed by atoms with Gasteiger partial charge < -0.3 is 4.90 Å². The summed E-state index contributed by atoms with van der Waals surface area (Å²) in [6.07, 6.45) is 67.5. The number of nitrogens with zero attached hydrogens (tertiary/aromatic N) is 1. The van der Waals surface area contributed by atoms with Gasteiger partial charge in [-0.05, 0) is 38.9 Å². The molecule has 53 heavy (non-hydrogen) atoms. The van der Waals surface area contributed by atoms with Crippen molar-refractivity contribution in [2.24, 2.45) is 0 Å². The second-order valence-corrected chi connectivity index (χ2v) is 18.0. The predicted molar refractivity (Wildman–Crippen MR) is 246 cm³/mol. The molecule has 320 valence electrons. The van der Waals surface area contributed by atoms with E-state index < -0.39 is 0 Å². The van der Waals surface area contributed by atoms with Crippen LogP contribution in [0.25, 0.3) is 0 Å². The Morgan fingerprint density at radius 3 is 0.396 bits per heavy atom. The van der Waals surface area contributed by atoms with E-state index in [0.29, 0.717) is 0 Å². The van der Waals surface area contributed by atoms with E-state index >= 15 is 0 Å². The van der Waals surface area contributed by atoms with Crippen LogP contribution in [-0.4, -0.2) is 24.5 Å². The van der Waals surface area contributed by atoms with Crippen LogP contribution in [0.1, 0.15) is 316 Å². The fraction of sp³-hybridized carbons (Fsp3) is 1.00. The summed E-state index contributed by atoms with van der Waals surface area (Å²) in [6.45, 7) is 11.1. The van der Waals surface area contributed by atoms with E-state index in [4.69, 9.17) is 0 Å². The van der Waals surface area contributed by atoms with Crippen LogP contribution in [0.3, 0.4) is 0 Å². The minimum Gasteiger partial charge on any atom is -0.303 e. The summed E-state index contributed by atoms with van der Waals surface area (Å²) in [4.78, 5) is 2.88. The molecule has 0 rings (SSSR count). The van der Waals surface area contributed by atoms with Crippen molar-refractivity contribution >= 4 is 0 Å². The van der Waals surface area contributed by atoms with Crippen LogP contribution in [0, 0.1) is 0 Å². The highest BCUT2D eigenvalue weighted by Gasteiger charge is 2.06. The van der Waals surface area contributed by atoms with Gasteiger partial charge in [0, 0.05) is 0 Å². The fourth-order valence-electron chi connectivity index (χ4n) is 8.63. The normalized spacial score (nSPS) is 11.8. The third-order valence-corrected chi connectivity index (χ3v) is 12.5. The van der Waals surface area contributed by atoms with E-state index in [-0.39, 0.29) is 0 Å². The molecule has 0 amide bonds. The minimum absolute atomic E-state index is 1.37. The molecule has 0 aliphatic carbocycles. The number of hydrogen-bond acceptors (Lipinski definition) is 1. The van der Waals surface area contributed by atoms with Crippen molar-refractivity contribution in [3.63, 3.8) is 0 Å². The van der Waals surface area contributed by atoms with Gasteiger partial charge in [-0.3, -0.25) is 0 Å². The van der Waals surface area contributed by atoms with E-state index in [1.807, 2.05) is 0 Å². The first-order valence-electron chi connectivity index (χ1n) is 26.1. The molecule has 0 aromatic rings. The van der Waals surface area contributed by atoms with E-state index in [9.17, 15) is 0 Å². The Morgan fingerprint density at radius 1 is 0.151 bits per heavy atom. The van der Waals surface area contributed by atoms with Gasteiger partial charge in [0.15, 0.2) is 0 Å². The van der Waals surface area contributed by atoms with Gasteiger partial charge in [-0.2, -0.15) is 0 Å². The highest BCUT2D eigenvalue weighted by atomic mass is 15.1. The molecule has 0 atom stereocenters. The lowest BCUT2D eigenvalue weighted by atomic mass is 10.0. The number of rotatable bonds is 49. The van der Waals surface area contributed by atoms with E-state index in [1.54, 1.807) is 0 Å². The Morgan fingerprint density at radius 2 is 0.264 bits per heavy atom. The molecule has 1 heteroatoms. The molecule has 0 bridgehead atoms. The fourth-order valence-corrected chi connectivity index (χ4v) is 8.63. The van der Waals surface area contributed by atoms with Crippen LogP contribution in [0.4, 0.5) is 0 Å². The molecule has 0 heterocycles. The Bertz CT molecular complexity index is 564. The largest absolute Gasteiger partial charge is 0.303 e. The average molecular weight is 746 g/mol. The lowest BCUT2D eigenvalue weighted by molar-refractivity contribution is 0.254. The summed E-state index contributed by atoms with van der Waals surface area (Å²) in [6, 6.07) is 0. The second kappa shape index (κ2) is 50.0. The molecule has 0 aromatic heterocycles. The van der Waals surface area contributed by atoms with Gasteiger partial charge in [0.1, 0.15) is 0 Å². The van der Waals surface area contributed by atoms with Crippen molar-refractivity contribution in [2.45, 2.75) is 316 Å². The smallest absolute Gasteiger partial charge is 0.00187 e. The molecule has 1 nitrogen and oxygen atoms in total. The molecule has 0 saturated carbocycles. The van der Waals surface area contributed by atoms with Crippen molar-refractivity contribution in [2.75, 3.05) is 19.6 Å². The first kappa shape index (κ1) is 53.0. The molecule has 0 spiro atoms. The summed E-state index contributed by atoms with van der Waals surface area (Å²) in [5.41, 5.74) is 0. The third kappa shape index (κ3) is 48.0. The topological polar surface area (TPSA) is 3.24 Å². The average Bonchev–Trinajstić information content (AvgIpc) is 3.17. The molecular weight excluding hydrogens is 639 g/mol. The van der Waals surface area contributed by atoms with Gasteiger partial charge in [0.05, 0.1) is 0 Å². The first-order chi connectivity index (χ1) is 26.3. The van der Waals surface area contributed by atoms with Crippen LogP contribution in [0.15, 0.2) is 0 Å². The number of hydrogen-bond donors (Lipinski definition) is 0. The highest BCUT2D eigenvalue weighted by Crippen LogP contribution is 2.17. The Kier molecular flexibility index (Phi) is 49.9. The molecule has 0 saturated heterocycles. The van der Waals surface area contributed by atoms with Gasteiger partial charge in [0.2, 0.25) is 0 Å². The molecule has 0 N–H and O–H groups in total. The zero-order valence-corrected chi connectivity index (χ0v) is 38.1. The maximum Gasteiger partial charge on any atom is -0.00187 e. The highest BCUT2D eigenvalue weighted by molar-refractivity contribution is 4.61. The van der Waals surface area contributed by atoms with Crippen molar-refractivity contribution in [1.29, 1.82) is 0 Å². The number of unbranched alkanes of at least 4 members (excludes halogenated alkanes) is 43. The first-order valence-corrected chi connectivity index (χ1v) is 26.1. The molecule has 0 radical (unpaired) electrons. The summed E-state index contributed by atoms with van der Waals surface area (Å²) in [7, 11) is 0. The summed E-state index contributed by atoms with van der Waals surface area (Å²) in [5.74, 6) is 0. The van der Waals surface area contributed by atoms with E-state index in [1.165, 1.54) is 315 Å². The van der Waals surface area contributed by atoms with Crippen molar-refractivity contribution in [3.8, 4) is 0 Å². The molecule has 0 aliphatic rings. The second-order valence-electron chi connectivity index (χ2n) is 18.0. The summed E-state index contributed by atoms with van der Waals surface area (Å²) in [5, 5.41) is 0.